The highest BCUT2D eigenvalue weighted by Crippen LogP contribution is 2.48. The standard InChI is InChI=1S/C27H33NO2/c1-18-5-4-6-19(11-18)14-24(29)9-10-25-26-15-20(13-23(26)16-27(25)30)12-21-7-2-3-8-22(21)17-28/h2-11,13,23-27,29-30H,12,14-17,28H2,1H3/b10-9+/t23-,24+,25+,26-,27+/m0/s1. The first kappa shape index (κ1) is 21.0. The van der Waals surface area contributed by atoms with Crippen molar-refractivity contribution in [3.63, 3.8) is 0 Å². The van der Waals surface area contributed by atoms with E-state index in [4.69, 9.17) is 5.73 Å². The van der Waals surface area contributed by atoms with Crippen LogP contribution in [0.15, 0.2) is 72.3 Å². The molecule has 0 aromatic heterocycles. The van der Waals surface area contributed by atoms with E-state index in [-0.39, 0.29) is 12.0 Å². The maximum Gasteiger partial charge on any atom is 0.0761 e. The number of nitrogens with two attached hydrogens (primary N) is 1. The van der Waals surface area contributed by atoms with Crippen LogP contribution in [-0.4, -0.2) is 22.4 Å². The monoisotopic (exact) mass is 403 g/mol. The number of benzene rings is 2. The number of hydrogen-bond acceptors (Lipinski definition) is 3. The van der Waals surface area contributed by atoms with Gasteiger partial charge in [-0.15, -0.1) is 0 Å². The number of allylic oxidation sites excluding steroid dienone is 2. The molecule has 0 aliphatic heterocycles. The molecule has 2 aliphatic rings. The molecule has 3 heteroatoms. The summed E-state index contributed by atoms with van der Waals surface area (Å²) in [4.78, 5) is 0. The van der Waals surface area contributed by atoms with E-state index in [0.29, 0.717) is 24.8 Å². The molecule has 0 radical (unpaired) electrons. The second kappa shape index (κ2) is 9.30. The first-order valence-corrected chi connectivity index (χ1v) is 11.1. The predicted octanol–water partition coefficient (Wildman–Crippen LogP) is 4.10. The Bertz CT molecular complexity index is 932. The summed E-state index contributed by atoms with van der Waals surface area (Å²) in [5.74, 6) is 0.978. The van der Waals surface area contributed by atoms with Crippen molar-refractivity contribution in [2.75, 3.05) is 0 Å². The molecule has 158 valence electrons. The Kier molecular flexibility index (Phi) is 6.52. The van der Waals surface area contributed by atoms with Crippen molar-refractivity contribution in [2.24, 2.45) is 23.5 Å². The van der Waals surface area contributed by atoms with Gasteiger partial charge < -0.3 is 15.9 Å². The highest BCUT2D eigenvalue weighted by atomic mass is 16.3. The summed E-state index contributed by atoms with van der Waals surface area (Å²) >= 11 is 0. The minimum absolute atomic E-state index is 0.112. The molecule has 3 nitrogen and oxygen atoms in total. The zero-order valence-electron chi connectivity index (χ0n) is 17.7. The quantitative estimate of drug-likeness (QED) is 0.610. The van der Waals surface area contributed by atoms with Crippen LogP contribution in [-0.2, 0) is 19.4 Å². The number of aliphatic hydroxyl groups excluding tert-OH is 2. The van der Waals surface area contributed by atoms with Crippen LogP contribution in [0.25, 0.3) is 0 Å². The number of fused-ring (bicyclic) bond motifs is 1. The Hall–Kier alpha value is -2.20. The van der Waals surface area contributed by atoms with Gasteiger partial charge in [-0.25, -0.2) is 0 Å². The van der Waals surface area contributed by atoms with E-state index in [1.807, 2.05) is 18.2 Å². The van der Waals surface area contributed by atoms with Gasteiger partial charge >= 0.3 is 0 Å². The Morgan fingerprint density at radius 3 is 2.70 bits per heavy atom. The molecule has 4 rings (SSSR count). The van der Waals surface area contributed by atoms with E-state index in [1.165, 1.54) is 22.3 Å². The fourth-order valence-electron chi connectivity index (χ4n) is 5.32. The lowest BCUT2D eigenvalue weighted by Gasteiger charge is -2.19. The van der Waals surface area contributed by atoms with Gasteiger partial charge in [0.15, 0.2) is 0 Å². The van der Waals surface area contributed by atoms with Crippen LogP contribution in [0.1, 0.15) is 35.1 Å². The molecular formula is C27H33NO2. The molecule has 2 aromatic rings. The molecule has 5 atom stereocenters. The third-order valence-corrected chi connectivity index (χ3v) is 6.79. The molecule has 30 heavy (non-hydrogen) atoms. The summed E-state index contributed by atoms with van der Waals surface area (Å²) < 4.78 is 0. The average Bonchev–Trinajstić information content (AvgIpc) is 3.23. The molecule has 0 heterocycles. The Labute approximate surface area is 180 Å². The van der Waals surface area contributed by atoms with Gasteiger partial charge in [0.2, 0.25) is 0 Å². The minimum atomic E-state index is -0.525. The lowest BCUT2D eigenvalue weighted by Crippen LogP contribution is -2.18. The normalized spacial score (nSPS) is 26.7. The van der Waals surface area contributed by atoms with Crippen molar-refractivity contribution in [2.45, 2.75) is 51.4 Å². The fraction of sp³-hybridized carbons (Fsp3) is 0.407. The smallest absolute Gasteiger partial charge is 0.0761 e. The van der Waals surface area contributed by atoms with Gasteiger partial charge in [-0.05, 0) is 54.7 Å². The number of aryl methyl sites for hydroxylation is 1. The largest absolute Gasteiger partial charge is 0.392 e. The maximum atomic E-state index is 10.6. The van der Waals surface area contributed by atoms with Gasteiger partial charge in [0.05, 0.1) is 12.2 Å². The van der Waals surface area contributed by atoms with E-state index >= 15 is 0 Å². The van der Waals surface area contributed by atoms with Crippen LogP contribution in [0.3, 0.4) is 0 Å². The average molecular weight is 404 g/mol. The SMILES string of the molecule is Cc1cccc(C[C@H](O)/C=C/[C@@H]2[C@H]3CC(Cc4ccccc4CN)=C[C@H]3C[C@H]2O)c1. The summed E-state index contributed by atoms with van der Waals surface area (Å²) in [7, 11) is 0. The van der Waals surface area contributed by atoms with Crippen molar-refractivity contribution in [3.05, 3.63) is 94.6 Å². The van der Waals surface area contributed by atoms with Crippen LogP contribution >= 0.6 is 0 Å². The van der Waals surface area contributed by atoms with Crippen molar-refractivity contribution in [3.8, 4) is 0 Å². The van der Waals surface area contributed by atoms with Crippen molar-refractivity contribution in [1.82, 2.24) is 0 Å². The zero-order valence-corrected chi connectivity index (χ0v) is 17.7. The Balaban J connectivity index is 1.39. The lowest BCUT2D eigenvalue weighted by atomic mass is 9.88. The third kappa shape index (κ3) is 4.75. The summed E-state index contributed by atoms with van der Waals surface area (Å²) in [6.07, 6.45) is 8.88. The molecule has 0 unspecified atom stereocenters. The first-order chi connectivity index (χ1) is 14.5. The summed E-state index contributed by atoms with van der Waals surface area (Å²) in [5, 5.41) is 21.1. The molecule has 0 amide bonds. The number of aliphatic hydroxyl groups is 2. The highest BCUT2D eigenvalue weighted by molar-refractivity contribution is 5.33. The number of hydrogen-bond donors (Lipinski definition) is 3. The van der Waals surface area contributed by atoms with Crippen molar-refractivity contribution in [1.29, 1.82) is 0 Å². The minimum Gasteiger partial charge on any atom is -0.392 e. The second-order valence-electron chi connectivity index (χ2n) is 9.03. The number of rotatable bonds is 7. The Morgan fingerprint density at radius 2 is 1.93 bits per heavy atom. The summed E-state index contributed by atoms with van der Waals surface area (Å²) in [6.45, 7) is 2.64. The van der Waals surface area contributed by atoms with Gasteiger partial charge in [0, 0.05) is 18.9 Å². The van der Waals surface area contributed by atoms with E-state index < -0.39 is 6.10 Å². The lowest BCUT2D eigenvalue weighted by molar-refractivity contribution is 0.140. The predicted molar refractivity (Wildman–Crippen MR) is 122 cm³/mol. The van der Waals surface area contributed by atoms with Crippen molar-refractivity contribution < 1.29 is 10.2 Å². The molecular weight excluding hydrogens is 370 g/mol. The molecule has 4 N–H and O–H groups in total. The topological polar surface area (TPSA) is 66.5 Å². The molecule has 2 aromatic carbocycles. The van der Waals surface area contributed by atoms with Gasteiger partial charge in [-0.3, -0.25) is 0 Å². The molecule has 0 bridgehead atoms. The van der Waals surface area contributed by atoms with Gasteiger partial charge in [-0.1, -0.05) is 77.9 Å². The third-order valence-electron chi connectivity index (χ3n) is 6.79. The van der Waals surface area contributed by atoms with E-state index in [1.54, 1.807) is 0 Å². The highest BCUT2D eigenvalue weighted by Gasteiger charge is 2.43. The summed E-state index contributed by atoms with van der Waals surface area (Å²) in [6, 6.07) is 16.7. The van der Waals surface area contributed by atoms with Crippen LogP contribution in [0.2, 0.25) is 0 Å². The van der Waals surface area contributed by atoms with E-state index in [0.717, 1.165) is 24.8 Å². The first-order valence-electron chi connectivity index (χ1n) is 11.1. The molecule has 0 saturated heterocycles. The fourth-order valence-corrected chi connectivity index (χ4v) is 5.32. The van der Waals surface area contributed by atoms with Crippen LogP contribution < -0.4 is 5.73 Å². The maximum absolute atomic E-state index is 10.6. The van der Waals surface area contributed by atoms with E-state index in [2.05, 4.69) is 55.5 Å². The van der Waals surface area contributed by atoms with Crippen LogP contribution in [0.4, 0.5) is 0 Å². The zero-order chi connectivity index (χ0) is 21.1. The van der Waals surface area contributed by atoms with Crippen LogP contribution in [0, 0.1) is 24.7 Å². The molecule has 1 saturated carbocycles. The van der Waals surface area contributed by atoms with E-state index in [9.17, 15) is 10.2 Å². The van der Waals surface area contributed by atoms with Gasteiger partial charge in [0.25, 0.3) is 0 Å². The molecule has 0 spiro atoms. The molecule has 2 aliphatic carbocycles. The van der Waals surface area contributed by atoms with Gasteiger partial charge in [0.1, 0.15) is 0 Å². The van der Waals surface area contributed by atoms with Crippen molar-refractivity contribution >= 4 is 0 Å². The van der Waals surface area contributed by atoms with Crippen LogP contribution in [0.5, 0.6) is 0 Å². The van der Waals surface area contributed by atoms with Gasteiger partial charge in [-0.2, -0.15) is 0 Å². The molecule has 1 fully saturated rings. The second-order valence-corrected chi connectivity index (χ2v) is 9.03. The summed E-state index contributed by atoms with van der Waals surface area (Å²) in [5.41, 5.74) is 12.2. The Morgan fingerprint density at radius 1 is 1.13 bits per heavy atom.